The normalized spacial score (nSPS) is 28.0. The van der Waals surface area contributed by atoms with Crippen molar-refractivity contribution in [2.75, 3.05) is 50.9 Å². The van der Waals surface area contributed by atoms with Gasteiger partial charge in [0.1, 0.15) is 5.75 Å². The molecule has 0 N–H and O–H groups in total. The molecule has 0 saturated carbocycles. The van der Waals surface area contributed by atoms with Gasteiger partial charge in [-0.25, -0.2) is 8.42 Å². The minimum absolute atomic E-state index is 0.0923. The van der Waals surface area contributed by atoms with E-state index >= 15 is 0 Å². The molecular formula is C14H26N2O4S. The highest BCUT2D eigenvalue weighted by molar-refractivity contribution is 7.92. The number of likely N-dealkylation sites (tertiary alicyclic amines) is 1. The molecule has 0 radical (unpaired) electrons. The van der Waals surface area contributed by atoms with E-state index in [4.69, 9.17) is 4.74 Å². The largest absolute Gasteiger partial charge is 0.379 e. The van der Waals surface area contributed by atoms with Crippen LogP contribution in [0.25, 0.3) is 0 Å². The first kappa shape index (κ1) is 16.7. The molecule has 0 aromatic carbocycles. The Morgan fingerprint density at radius 2 is 1.90 bits per heavy atom. The van der Waals surface area contributed by atoms with Gasteiger partial charge in [-0.2, -0.15) is 0 Å². The van der Waals surface area contributed by atoms with Gasteiger partial charge in [0.25, 0.3) is 0 Å². The van der Waals surface area contributed by atoms with E-state index in [-0.39, 0.29) is 17.4 Å². The number of nitrogens with zero attached hydrogens (tertiary/aromatic N) is 2. The Morgan fingerprint density at radius 1 is 1.24 bits per heavy atom. The summed E-state index contributed by atoms with van der Waals surface area (Å²) in [6, 6.07) is 0.326. The van der Waals surface area contributed by atoms with Gasteiger partial charge in [-0.1, -0.05) is 13.8 Å². The molecule has 2 saturated heterocycles. The molecule has 2 aliphatic heterocycles. The van der Waals surface area contributed by atoms with E-state index in [2.05, 4.69) is 11.8 Å². The van der Waals surface area contributed by atoms with Crippen molar-refractivity contribution >= 4 is 15.7 Å². The molecule has 7 heteroatoms. The minimum Gasteiger partial charge on any atom is -0.379 e. The van der Waals surface area contributed by atoms with Gasteiger partial charge in [0, 0.05) is 32.2 Å². The lowest BCUT2D eigenvalue weighted by molar-refractivity contribution is -0.127. The van der Waals surface area contributed by atoms with Gasteiger partial charge in [0.2, 0.25) is 5.91 Å². The van der Waals surface area contributed by atoms with Gasteiger partial charge in [0.15, 0.2) is 9.84 Å². The van der Waals surface area contributed by atoms with E-state index in [1.807, 2.05) is 6.92 Å². The van der Waals surface area contributed by atoms with E-state index in [1.54, 1.807) is 4.90 Å². The van der Waals surface area contributed by atoms with Crippen molar-refractivity contribution in [1.82, 2.24) is 9.80 Å². The van der Waals surface area contributed by atoms with Gasteiger partial charge in [-0.05, 0) is 12.3 Å². The molecule has 1 amide bonds. The first-order valence-corrected chi connectivity index (χ1v) is 9.55. The van der Waals surface area contributed by atoms with E-state index in [1.165, 1.54) is 0 Å². The SMILES string of the molecule is CCCS(=O)(=O)CC(=O)N1C[C@@H](C)[C@@H](N2CCOCC2)C1. The van der Waals surface area contributed by atoms with Gasteiger partial charge < -0.3 is 9.64 Å². The summed E-state index contributed by atoms with van der Waals surface area (Å²) in [5.41, 5.74) is 0. The Balaban J connectivity index is 1.92. The summed E-state index contributed by atoms with van der Waals surface area (Å²) in [5.74, 6) is -0.120. The van der Waals surface area contributed by atoms with E-state index < -0.39 is 9.84 Å². The fourth-order valence-electron chi connectivity index (χ4n) is 3.20. The second kappa shape index (κ2) is 7.07. The Bertz CT molecular complexity index is 460. The van der Waals surface area contributed by atoms with E-state index in [0.717, 1.165) is 26.3 Å². The maximum absolute atomic E-state index is 12.2. The Hall–Kier alpha value is -0.660. The Morgan fingerprint density at radius 3 is 2.52 bits per heavy atom. The number of amides is 1. The number of sulfone groups is 1. The monoisotopic (exact) mass is 318 g/mol. The number of carbonyl (C=O) groups is 1. The fourth-order valence-corrected chi connectivity index (χ4v) is 4.53. The number of hydrogen-bond acceptors (Lipinski definition) is 5. The molecule has 0 aromatic rings. The molecule has 0 bridgehead atoms. The summed E-state index contributed by atoms with van der Waals surface area (Å²) in [6.07, 6.45) is 0.558. The lowest BCUT2D eigenvalue weighted by Crippen LogP contribution is -2.47. The van der Waals surface area contributed by atoms with Crippen molar-refractivity contribution in [1.29, 1.82) is 0 Å². The molecule has 2 aliphatic rings. The molecule has 6 nitrogen and oxygen atoms in total. The molecule has 0 aromatic heterocycles. The van der Waals surface area contributed by atoms with Crippen LogP contribution in [0, 0.1) is 5.92 Å². The highest BCUT2D eigenvalue weighted by Crippen LogP contribution is 2.23. The first-order chi connectivity index (χ1) is 9.93. The van der Waals surface area contributed by atoms with Gasteiger partial charge in [0.05, 0.1) is 19.0 Å². The van der Waals surface area contributed by atoms with Crippen LogP contribution in [0.4, 0.5) is 0 Å². The standard InChI is InChI=1S/C14H26N2O4S/c1-3-8-21(18,19)11-14(17)16-9-12(2)13(10-16)15-4-6-20-7-5-15/h12-13H,3-11H2,1-2H3/t12-,13+/m1/s1. The van der Waals surface area contributed by atoms with Crippen molar-refractivity contribution in [3.05, 3.63) is 0 Å². The molecule has 2 heterocycles. The maximum atomic E-state index is 12.2. The highest BCUT2D eigenvalue weighted by atomic mass is 32.2. The van der Waals surface area contributed by atoms with Gasteiger partial charge in [-0.3, -0.25) is 9.69 Å². The van der Waals surface area contributed by atoms with Crippen LogP contribution in [0.2, 0.25) is 0 Å². The molecule has 0 unspecified atom stereocenters. The fraction of sp³-hybridized carbons (Fsp3) is 0.929. The third-order valence-corrected chi connectivity index (χ3v) is 6.02. The van der Waals surface area contributed by atoms with Crippen LogP contribution in [0.3, 0.4) is 0 Å². The molecule has 0 spiro atoms. The molecule has 2 atom stereocenters. The highest BCUT2D eigenvalue weighted by Gasteiger charge is 2.37. The van der Waals surface area contributed by atoms with Crippen molar-refractivity contribution in [2.24, 2.45) is 5.92 Å². The molecule has 2 fully saturated rings. The quantitative estimate of drug-likeness (QED) is 0.713. The topological polar surface area (TPSA) is 66.9 Å². The van der Waals surface area contributed by atoms with Crippen LogP contribution in [0.5, 0.6) is 0 Å². The van der Waals surface area contributed by atoms with Crippen LogP contribution >= 0.6 is 0 Å². The van der Waals surface area contributed by atoms with Crippen LogP contribution in [-0.2, 0) is 19.4 Å². The number of ether oxygens (including phenoxy) is 1. The van der Waals surface area contributed by atoms with Crippen molar-refractivity contribution in [3.8, 4) is 0 Å². The van der Waals surface area contributed by atoms with Gasteiger partial charge >= 0.3 is 0 Å². The van der Waals surface area contributed by atoms with Crippen LogP contribution < -0.4 is 0 Å². The molecule has 122 valence electrons. The van der Waals surface area contributed by atoms with Crippen molar-refractivity contribution in [3.63, 3.8) is 0 Å². The zero-order valence-corrected chi connectivity index (χ0v) is 13.8. The lowest BCUT2D eigenvalue weighted by Gasteiger charge is -2.33. The summed E-state index contributed by atoms with van der Waals surface area (Å²) >= 11 is 0. The predicted octanol–water partition coefficient (Wildman–Crippen LogP) is -0.00970. The van der Waals surface area contributed by atoms with E-state index in [0.29, 0.717) is 31.5 Å². The number of morpholine rings is 1. The Labute approximate surface area is 127 Å². The van der Waals surface area contributed by atoms with Crippen molar-refractivity contribution < 1.29 is 17.9 Å². The van der Waals surface area contributed by atoms with Crippen molar-refractivity contribution in [2.45, 2.75) is 26.3 Å². The molecule has 21 heavy (non-hydrogen) atoms. The second-order valence-corrected chi connectivity index (χ2v) is 8.27. The number of hydrogen-bond donors (Lipinski definition) is 0. The molecule has 2 rings (SSSR count). The third kappa shape index (κ3) is 4.40. The number of carbonyl (C=O) groups excluding carboxylic acids is 1. The maximum Gasteiger partial charge on any atom is 0.237 e. The second-order valence-electron chi connectivity index (χ2n) is 6.08. The summed E-state index contributed by atoms with van der Waals surface area (Å²) in [5, 5.41) is 0. The van der Waals surface area contributed by atoms with Crippen LogP contribution in [0.1, 0.15) is 20.3 Å². The molecule has 0 aliphatic carbocycles. The van der Waals surface area contributed by atoms with Crippen LogP contribution in [-0.4, -0.2) is 81.1 Å². The average Bonchev–Trinajstić information content (AvgIpc) is 2.81. The summed E-state index contributed by atoms with van der Waals surface area (Å²) < 4.78 is 28.9. The molecular weight excluding hydrogens is 292 g/mol. The Kier molecular flexibility index (Phi) is 5.62. The average molecular weight is 318 g/mol. The zero-order chi connectivity index (χ0) is 15.5. The summed E-state index contributed by atoms with van der Waals surface area (Å²) in [4.78, 5) is 16.3. The lowest BCUT2D eigenvalue weighted by atomic mass is 10.0. The summed E-state index contributed by atoms with van der Waals surface area (Å²) in [6.45, 7) is 8.51. The number of rotatable bonds is 5. The summed E-state index contributed by atoms with van der Waals surface area (Å²) in [7, 11) is -3.25. The van der Waals surface area contributed by atoms with E-state index in [9.17, 15) is 13.2 Å². The van der Waals surface area contributed by atoms with Gasteiger partial charge in [-0.15, -0.1) is 0 Å². The predicted molar refractivity (Wildman–Crippen MR) is 80.9 cm³/mol. The minimum atomic E-state index is -3.25. The van der Waals surface area contributed by atoms with Crippen LogP contribution in [0.15, 0.2) is 0 Å². The zero-order valence-electron chi connectivity index (χ0n) is 13.0. The smallest absolute Gasteiger partial charge is 0.237 e. The third-order valence-electron chi connectivity index (χ3n) is 4.30. The first-order valence-electron chi connectivity index (χ1n) is 7.73.